The van der Waals surface area contributed by atoms with Crippen LogP contribution in [0.5, 0.6) is 0 Å². The molecule has 188 valence electrons. The number of fused-ring (bicyclic) bond motifs is 2. The molecule has 3 heterocycles. The minimum atomic E-state index is -0.116. The van der Waals surface area contributed by atoms with Crippen molar-refractivity contribution in [3.8, 4) is 0 Å². The number of methoxy groups -OCH3 is 1. The normalized spacial score (nSPS) is 20.2. The first-order chi connectivity index (χ1) is 17.7. The first-order valence-electron chi connectivity index (χ1n) is 13.3. The number of carbonyl (C=O) groups excluding carboxylic acids is 1. The number of benzene rings is 2. The molecule has 1 N–H and O–H groups in total. The number of amides is 1. The number of nitrogens with one attached hydrogen (secondary N) is 1. The van der Waals surface area contributed by atoms with Crippen LogP contribution in [0.3, 0.4) is 0 Å². The van der Waals surface area contributed by atoms with Gasteiger partial charge in [-0.05, 0) is 56.0 Å². The highest BCUT2D eigenvalue weighted by Crippen LogP contribution is 2.38. The molecule has 36 heavy (non-hydrogen) atoms. The zero-order valence-corrected chi connectivity index (χ0v) is 21.0. The summed E-state index contributed by atoms with van der Waals surface area (Å²) in [6, 6.07) is 19.2. The maximum Gasteiger partial charge on any atom is 0.228 e. The Kier molecular flexibility index (Phi) is 6.55. The molecule has 1 saturated heterocycles. The van der Waals surface area contributed by atoms with E-state index in [4.69, 9.17) is 9.15 Å². The zero-order chi connectivity index (χ0) is 24.5. The lowest BCUT2D eigenvalue weighted by molar-refractivity contribution is -0.138. The van der Waals surface area contributed by atoms with Crippen LogP contribution in [0.25, 0.3) is 21.9 Å². The predicted molar refractivity (Wildman–Crippen MR) is 142 cm³/mol. The van der Waals surface area contributed by atoms with E-state index in [1.807, 2.05) is 18.2 Å². The Morgan fingerprint density at radius 3 is 2.81 bits per heavy atom. The Balaban J connectivity index is 1.28. The van der Waals surface area contributed by atoms with Gasteiger partial charge in [0.25, 0.3) is 0 Å². The van der Waals surface area contributed by atoms with E-state index in [1.54, 1.807) is 7.11 Å². The second kappa shape index (κ2) is 10.1. The van der Waals surface area contributed by atoms with Gasteiger partial charge in [-0.1, -0.05) is 36.4 Å². The van der Waals surface area contributed by atoms with Gasteiger partial charge >= 0.3 is 0 Å². The molecule has 2 aliphatic rings. The van der Waals surface area contributed by atoms with Gasteiger partial charge in [-0.15, -0.1) is 0 Å². The first kappa shape index (κ1) is 23.3. The molecule has 6 heteroatoms. The highest BCUT2D eigenvalue weighted by molar-refractivity contribution is 5.86. The molecule has 2 atom stereocenters. The fourth-order valence-corrected chi connectivity index (χ4v) is 5.83. The van der Waals surface area contributed by atoms with Crippen LogP contribution in [0.2, 0.25) is 0 Å². The molecule has 1 aliphatic carbocycles. The van der Waals surface area contributed by atoms with E-state index in [-0.39, 0.29) is 17.7 Å². The Morgan fingerprint density at radius 2 is 1.97 bits per heavy atom. The fraction of sp³-hybridized carbons (Fsp3) is 0.433. The number of hydrogen-bond donors (Lipinski definition) is 1. The van der Waals surface area contributed by atoms with Crippen molar-refractivity contribution in [2.24, 2.45) is 5.92 Å². The molecule has 1 saturated carbocycles. The van der Waals surface area contributed by atoms with Crippen molar-refractivity contribution in [3.05, 3.63) is 72.1 Å². The van der Waals surface area contributed by atoms with Crippen LogP contribution in [-0.2, 0) is 22.6 Å². The summed E-state index contributed by atoms with van der Waals surface area (Å²) in [5.41, 5.74) is 3.36. The van der Waals surface area contributed by atoms with Crippen molar-refractivity contribution in [3.63, 3.8) is 0 Å². The highest BCUT2D eigenvalue weighted by atomic mass is 16.5. The van der Waals surface area contributed by atoms with Crippen LogP contribution in [0, 0.1) is 5.92 Å². The summed E-state index contributed by atoms with van der Waals surface area (Å²) >= 11 is 0. The molecule has 6 rings (SSSR count). The largest absolute Gasteiger partial charge is 0.461 e. The Hall–Kier alpha value is -3.09. The number of piperidine rings is 1. The van der Waals surface area contributed by atoms with Gasteiger partial charge in [0.15, 0.2) is 0 Å². The number of para-hydroxylation sites is 2. The van der Waals surface area contributed by atoms with E-state index in [9.17, 15) is 4.79 Å². The number of carbonyl (C=O) groups is 1. The third-order valence-electron chi connectivity index (χ3n) is 7.84. The van der Waals surface area contributed by atoms with E-state index in [1.165, 1.54) is 16.5 Å². The molecule has 2 aromatic carbocycles. The van der Waals surface area contributed by atoms with Gasteiger partial charge in [-0.3, -0.25) is 4.79 Å². The standard InChI is InChI=1S/C30H35N3O3/c1-35-16-6-15-32-19-22(24-8-3-4-9-27(24)32)20-33(23-11-12-23)30(34)26-18-31-14-13-25(26)29-17-21-7-2-5-10-28(21)36-29/h2-5,7-10,17,19,23,25-26,31H,6,11-16,18,20H2,1H3/t25-,26-/m0/s1. The molecule has 4 aromatic rings. The second-order valence-corrected chi connectivity index (χ2v) is 10.3. The monoisotopic (exact) mass is 485 g/mol. The first-order valence-corrected chi connectivity index (χ1v) is 13.3. The number of rotatable bonds is 9. The lowest BCUT2D eigenvalue weighted by Crippen LogP contribution is -2.46. The number of aromatic nitrogens is 1. The van der Waals surface area contributed by atoms with E-state index in [0.29, 0.717) is 19.1 Å². The van der Waals surface area contributed by atoms with Crippen LogP contribution >= 0.6 is 0 Å². The van der Waals surface area contributed by atoms with Crippen LogP contribution in [0.1, 0.15) is 42.9 Å². The van der Waals surface area contributed by atoms with Gasteiger partial charge in [0, 0.05) is 67.8 Å². The second-order valence-electron chi connectivity index (χ2n) is 10.3. The fourth-order valence-electron chi connectivity index (χ4n) is 5.83. The number of ether oxygens (including phenoxy) is 1. The van der Waals surface area contributed by atoms with Gasteiger partial charge < -0.3 is 23.9 Å². The summed E-state index contributed by atoms with van der Waals surface area (Å²) in [6.45, 7) is 3.91. The number of nitrogens with zero attached hydrogens (tertiary/aromatic N) is 2. The molecule has 2 fully saturated rings. The lowest BCUT2D eigenvalue weighted by atomic mass is 9.83. The van der Waals surface area contributed by atoms with Crippen molar-refractivity contribution >= 4 is 27.8 Å². The maximum atomic E-state index is 14.2. The third kappa shape index (κ3) is 4.56. The Bertz CT molecular complexity index is 1320. The lowest BCUT2D eigenvalue weighted by Gasteiger charge is -2.34. The number of hydrogen-bond acceptors (Lipinski definition) is 4. The molecule has 0 unspecified atom stereocenters. The smallest absolute Gasteiger partial charge is 0.228 e. The molecule has 0 radical (unpaired) electrons. The number of aryl methyl sites for hydroxylation is 1. The van der Waals surface area contributed by atoms with Crippen LogP contribution in [0.4, 0.5) is 0 Å². The van der Waals surface area contributed by atoms with Crippen molar-refractivity contribution in [1.82, 2.24) is 14.8 Å². The summed E-state index contributed by atoms with van der Waals surface area (Å²) in [5.74, 6) is 1.19. The SMILES string of the molecule is COCCCn1cc(CN(C(=O)[C@H]2CNCC[C@@H]2c2cc3ccccc3o2)C2CC2)c2ccccc21. The van der Waals surface area contributed by atoms with Crippen molar-refractivity contribution in [2.75, 3.05) is 26.8 Å². The molecule has 0 bridgehead atoms. The van der Waals surface area contributed by atoms with Gasteiger partial charge in [0.1, 0.15) is 11.3 Å². The third-order valence-corrected chi connectivity index (χ3v) is 7.84. The summed E-state index contributed by atoms with van der Waals surface area (Å²) in [6.07, 6.45) is 6.31. The van der Waals surface area contributed by atoms with Gasteiger partial charge in [0.2, 0.25) is 5.91 Å². The van der Waals surface area contributed by atoms with E-state index >= 15 is 0 Å². The molecular weight excluding hydrogens is 450 g/mol. The molecule has 0 spiro atoms. The van der Waals surface area contributed by atoms with Crippen LogP contribution in [-0.4, -0.2) is 48.2 Å². The van der Waals surface area contributed by atoms with E-state index < -0.39 is 0 Å². The minimum absolute atomic E-state index is 0.0998. The Labute approximate surface area is 212 Å². The van der Waals surface area contributed by atoms with E-state index in [2.05, 4.69) is 57.4 Å². The van der Waals surface area contributed by atoms with Crippen LogP contribution in [0.15, 0.2) is 65.2 Å². The average Bonchev–Trinajstić information content (AvgIpc) is 3.57. The van der Waals surface area contributed by atoms with Crippen molar-refractivity contribution < 1.29 is 13.9 Å². The Morgan fingerprint density at radius 1 is 1.14 bits per heavy atom. The van der Waals surface area contributed by atoms with Gasteiger partial charge in [0.05, 0.1) is 5.92 Å². The summed E-state index contributed by atoms with van der Waals surface area (Å²) < 4.78 is 13.8. The molecule has 2 aromatic heterocycles. The quantitative estimate of drug-likeness (QED) is 0.327. The topological polar surface area (TPSA) is 59.6 Å². The molecule has 1 amide bonds. The maximum absolute atomic E-state index is 14.2. The predicted octanol–water partition coefficient (Wildman–Crippen LogP) is 5.31. The number of furan rings is 1. The van der Waals surface area contributed by atoms with Gasteiger partial charge in [-0.25, -0.2) is 0 Å². The summed E-state index contributed by atoms with van der Waals surface area (Å²) in [5, 5.41) is 5.83. The van der Waals surface area contributed by atoms with E-state index in [0.717, 1.165) is 62.1 Å². The van der Waals surface area contributed by atoms with Crippen LogP contribution < -0.4 is 5.32 Å². The van der Waals surface area contributed by atoms with Crippen molar-refractivity contribution in [2.45, 2.75) is 50.7 Å². The average molecular weight is 486 g/mol. The molecule has 6 nitrogen and oxygen atoms in total. The molecule has 1 aliphatic heterocycles. The summed E-state index contributed by atoms with van der Waals surface area (Å²) in [4.78, 5) is 16.3. The molecular formula is C30H35N3O3. The van der Waals surface area contributed by atoms with Crippen molar-refractivity contribution in [1.29, 1.82) is 0 Å². The summed E-state index contributed by atoms with van der Waals surface area (Å²) in [7, 11) is 1.75. The van der Waals surface area contributed by atoms with Gasteiger partial charge in [-0.2, -0.15) is 0 Å². The highest BCUT2D eigenvalue weighted by Gasteiger charge is 2.41. The zero-order valence-electron chi connectivity index (χ0n) is 21.0. The minimum Gasteiger partial charge on any atom is -0.461 e.